The first-order valence-corrected chi connectivity index (χ1v) is 23.5. The van der Waals surface area contributed by atoms with Crippen molar-refractivity contribution in [3.8, 4) is 0 Å². The van der Waals surface area contributed by atoms with Gasteiger partial charge in [-0.05, 0) is 25.7 Å². The zero-order valence-corrected chi connectivity index (χ0v) is 39.7. The number of carbonyl (C=O) groups is 4. The predicted octanol–water partition coefficient (Wildman–Crippen LogP) is 1.74. The number of aromatic nitrogens is 8. The van der Waals surface area contributed by atoms with Crippen LogP contribution < -0.4 is 20.4 Å². The zero-order valence-electron chi connectivity index (χ0n) is 35.7. The molecule has 2 amide bonds. The number of fused-ring (bicyclic) bond motifs is 4. The van der Waals surface area contributed by atoms with E-state index in [2.05, 4.69) is 40.5 Å². The standard InChI is InChI=1S/2C18H24N5O8P.Ca/c2*1-3-5-11(24)22-16-13-17(20-8-19-16)23(9-21-13)18-15(30-12(25)6-4-2)14-10(29-18)7-28-32(26,27)31-14;/h2*8-10,14-15,18H,3-7H2,1-2H3,(H,26,27)(H,19,20,22,24);/q;;+2/p-2/t2*10?,14-,15-,18-;/m11./s1. The number of esters is 2. The summed E-state index contributed by atoms with van der Waals surface area (Å²) in [7, 11) is -9.11. The first-order chi connectivity index (χ1) is 30.6. The van der Waals surface area contributed by atoms with Crippen LogP contribution in [0.15, 0.2) is 25.3 Å². The first kappa shape index (κ1) is 50.8. The van der Waals surface area contributed by atoms with E-state index in [0.717, 1.165) is 0 Å². The van der Waals surface area contributed by atoms with Crippen LogP contribution in [0.25, 0.3) is 22.3 Å². The second-order valence-corrected chi connectivity index (χ2v) is 17.6. The molecular formula is C36H46CaN10O16P2. The summed E-state index contributed by atoms with van der Waals surface area (Å²) in [4.78, 5) is 97.4. The summed E-state index contributed by atoms with van der Waals surface area (Å²) < 4.78 is 69.4. The van der Waals surface area contributed by atoms with Crippen molar-refractivity contribution in [3.63, 3.8) is 0 Å². The van der Waals surface area contributed by atoms with Crippen LogP contribution in [0, 0.1) is 0 Å². The Balaban J connectivity index is 0.000000212. The average Bonchev–Trinajstić information content (AvgIpc) is 4.02. The molecule has 0 aliphatic carbocycles. The number of hydrogen-bond donors (Lipinski definition) is 2. The quantitative estimate of drug-likeness (QED) is 0.103. The van der Waals surface area contributed by atoms with E-state index in [0.29, 0.717) is 60.9 Å². The van der Waals surface area contributed by atoms with Crippen LogP contribution >= 0.6 is 15.6 Å². The minimum absolute atomic E-state index is 0. The van der Waals surface area contributed by atoms with Crippen molar-refractivity contribution < 1.29 is 75.1 Å². The van der Waals surface area contributed by atoms with Crippen molar-refractivity contribution in [2.45, 2.75) is 128 Å². The third-order valence-corrected chi connectivity index (χ3v) is 12.0. The van der Waals surface area contributed by atoms with Crippen LogP contribution in [-0.2, 0) is 65.4 Å². The molecule has 26 nitrogen and oxygen atoms in total. The van der Waals surface area contributed by atoms with Gasteiger partial charge >= 0.3 is 49.7 Å². The average molecular weight is 977 g/mol. The van der Waals surface area contributed by atoms with Gasteiger partial charge in [-0.15, -0.1) is 0 Å². The van der Waals surface area contributed by atoms with Gasteiger partial charge in [0.15, 0.2) is 58.6 Å². The molecule has 4 aliphatic rings. The minimum Gasteiger partial charge on any atom is -0.756 e. The molecule has 348 valence electrons. The number of amides is 2. The Bertz CT molecular complexity index is 2300. The van der Waals surface area contributed by atoms with Crippen molar-refractivity contribution in [3.05, 3.63) is 25.3 Å². The third kappa shape index (κ3) is 11.7. The summed E-state index contributed by atoms with van der Waals surface area (Å²) in [5.74, 6) is -1.01. The largest absolute Gasteiger partial charge is 2.00 e. The van der Waals surface area contributed by atoms with Gasteiger partial charge in [-0.25, -0.2) is 29.9 Å². The minimum atomic E-state index is -4.55. The SMILES string of the molecule is CCCC(=O)Nc1ncnc2c1ncn2[C@@H]1OC2COP(=O)([O-])O[C@H]2[C@H]1OC(=O)CCC.CCCC(=O)Nc1ncnc2c1ncn2[C@@H]1OC2COP(=O)([O-])O[C@H]2[C@H]1OC(=O)CCC.[Ca+2]. The molecule has 0 radical (unpaired) electrons. The maximum absolute atomic E-state index is 12.2. The van der Waals surface area contributed by atoms with Gasteiger partial charge in [0.05, 0.1) is 25.9 Å². The number of nitrogens with one attached hydrogen (secondary N) is 2. The van der Waals surface area contributed by atoms with Gasteiger partial charge in [-0.1, -0.05) is 27.7 Å². The van der Waals surface area contributed by atoms with Crippen molar-refractivity contribution in [2.24, 2.45) is 0 Å². The van der Waals surface area contributed by atoms with Crippen LogP contribution in [0.1, 0.15) is 91.5 Å². The number of rotatable bonds is 14. The van der Waals surface area contributed by atoms with Crippen LogP contribution in [0.4, 0.5) is 11.6 Å². The Morgan fingerprint density at radius 1 is 0.646 bits per heavy atom. The molecule has 4 saturated heterocycles. The maximum Gasteiger partial charge on any atom is 2.00 e. The molecule has 8 rings (SSSR count). The van der Waals surface area contributed by atoms with E-state index in [1.54, 1.807) is 0 Å². The fourth-order valence-electron chi connectivity index (χ4n) is 7.26. The Labute approximate surface area is 400 Å². The molecule has 10 atom stereocenters. The number of carbonyl (C=O) groups excluding carboxylic acids is 4. The van der Waals surface area contributed by atoms with Crippen LogP contribution in [-0.4, -0.2) is 150 Å². The van der Waals surface area contributed by atoms with Gasteiger partial charge < -0.3 is 57.5 Å². The summed E-state index contributed by atoms with van der Waals surface area (Å²) >= 11 is 0. The summed E-state index contributed by atoms with van der Waals surface area (Å²) in [6, 6.07) is 0. The molecule has 65 heavy (non-hydrogen) atoms. The molecule has 4 unspecified atom stereocenters. The Hall–Kier alpha value is -3.62. The number of anilines is 2. The van der Waals surface area contributed by atoms with E-state index in [1.165, 1.54) is 34.4 Å². The molecule has 0 bridgehead atoms. The van der Waals surface area contributed by atoms with Gasteiger partial charge in [0, 0.05) is 25.7 Å². The number of phosphoric acid groups is 2. The van der Waals surface area contributed by atoms with Crippen LogP contribution in [0.5, 0.6) is 0 Å². The smallest absolute Gasteiger partial charge is 0.756 e. The number of hydrogen-bond acceptors (Lipinski definition) is 22. The monoisotopic (exact) mass is 976 g/mol. The predicted molar refractivity (Wildman–Crippen MR) is 218 cm³/mol. The van der Waals surface area contributed by atoms with Gasteiger partial charge in [0.1, 0.15) is 37.1 Å². The summed E-state index contributed by atoms with van der Waals surface area (Å²) in [5.41, 5.74) is 1.22. The van der Waals surface area contributed by atoms with Crippen molar-refractivity contribution in [1.82, 2.24) is 39.0 Å². The maximum atomic E-state index is 12.2. The molecule has 4 fully saturated rings. The summed E-state index contributed by atoms with van der Waals surface area (Å²) in [6.45, 7) is 6.85. The van der Waals surface area contributed by atoms with E-state index in [4.69, 9.17) is 37.0 Å². The molecule has 2 N–H and O–H groups in total. The molecule has 0 aromatic carbocycles. The molecule has 4 aromatic rings. The summed E-state index contributed by atoms with van der Waals surface area (Å²) in [6.07, 6.45) is 0.808. The molecule has 4 aromatic heterocycles. The van der Waals surface area contributed by atoms with E-state index < -0.39 is 76.7 Å². The van der Waals surface area contributed by atoms with Crippen molar-refractivity contribution >= 4 is 111 Å². The van der Waals surface area contributed by atoms with E-state index in [9.17, 15) is 38.1 Å². The van der Waals surface area contributed by atoms with E-state index >= 15 is 0 Å². The molecule has 0 spiro atoms. The Morgan fingerprint density at radius 2 is 1.03 bits per heavy atom. The fraction of sp³-hybridized carbons (Fsp3) is 0.611. The summed E-state index contributed by atoms with van der Waals surface area (Å²) in [5, 5.41) is 5.39. The van der Waals surface area contributed by atoms with E-state index in [-0.39, 0.29) is 87.2 Å². The second-order valence-electron chi connectivity index (χ2n) is 14.9. The normalized spacial score (nSPS) is 29.1. The van der Waals surface area contributed by atoms with Gasteiger partial charge in [-0.2, -0.15) is 0 Å². The third-order valence-electron chi connectivity index (χ3n) is 10.0. The topological polar surface area (TPSA) is 334 Å². The van der Waals surface area contributed by atoms with Gasteiger partial charge in [0.2, 0.25) is 11.8 Å². The zero-order chi connectivity index (χ0) is 45.8. The Kier molecular flexibility index (Phi) is 17.2. The number of phosphoric ester groups is 2. The first-order valence-electron chi connectivity index (χ1n) is 20.6. The van der Waals surface area contributed by atoms with Gasteiger partial charge in [-0.3, -0.25) is 37.4 Å². The fourth-order valence-corrected chi connectivity index (χ4v) is 9.15. The molecule has 0 saturated carbocycles. The van der Waals surface area contributed by atoms with E-state index in [1.807, 2.05) is 27.7 Å². The molecule has 4 aliphatic heterocycles. The van der Waals surface area contributed by atoms with Crippen LogP contribution in [0.3, 0.4) is 0 Å². The van der Waals surface area contributed by atoms with Crippen molar-refractivity contribution in [1.29, 1.82) is 0 Å². The van der Waals surface area contributed by atoms with Crippen molar-refractivity contribution in [2.75, 3.05) is 23.8 Å². The van der Waals surface area contributed by atoms with Gasteiger partial charge in [0.25, 0.3) is 15.6 Å². The molecule has 8 heterocycles. The number of ether oxygens (including phenoxy) is 4. The second kappa shape index (κ2) is 22.0. The molecule has 29 heteroatoms. The van der Waals surface area contributed by atoms with Crippen LogP contribution in [0.2, 0.25) is 0 Å². The molecular weight excluding hydrogens is 930 g/mol. The Morgan fingerprint density at radius 3 is 1.40 bits per heavy atom. The number of nitrogens with zero attached hydrogens (tertiary/aromatic N) is 8. The number of imidazole rings is 2.